The van der Waals surface area contributed by atoms with Crippen LogP contribution < -0.4 is 29.0 Å². The molecule has 170 valence electrons. The molecule has 0 unspecified atom stereocenters. The van der Waals surface area contributed by atoms with Crippen molar-refractivity contribution < 1.29 is 28.5 Å². The van der Waals surface area contributed by atoms with Gasteiger partial charge in [0.05, 0.1) is 18.0 Å². The fourth-order valence-corrected chi connectivity index (χ4v) is 4.11. The quantitative estimate of drug-likeness (QED) is 0.479. The first-order chi connectivity index (χ1) is 16.7. The second kappa shape index (κ2) is 8.15. The molecule has 1 amide bonds. The first kappa shape index (κ1) is 20.2. The maximum atomic E-state index is 13.1. The number of nitrogens with zero attached hydrogens (tertiary/aromatic N) is 1. The second-order valence-corrected chi connectivity index (χ2v) is 7.85. The molecule has 4 aromatic rings. The zero-order valence-corrected chi connectivity index (χ0v) is 18.3. The van der Waals surface area contributed by atoms with Crippen molar-refractivity contribution in [3.8, 4) is 39.9 Å². The summed E-state index contributed by atoms with van der Waals surface area (Å²) in [4.78, 5) is 17.7. The van der Waals surface area contributed by atoms with Crippen LogP contribution in [-0.2, 0) is 6.54 Å². The number of benzene rings is 3. The highest BCUT2D eigenvalue weighted by Crippen LogP contribution is 2.45. The van der Waals surface area contributed by atoms with Crippen LogP contribution in [0.1, 0.15) is 16.1 Å². The van der Waals surface area contributed by atoms with Gasteiger partial charge in [0.25, 0.3) is 5.91 Å². The van der Waals surface area contributed by atoms with Crippen molar-refractivity contribution in [1.29, 1.82) is 0 Å². The molecule has 8 nitrogen and oxygen atoms in total. The molecule has 8 heteroatoms. The van der Waals surface area contributed by atoms with Crippen LogP contribution in [0.5, 0.6) is 28.7 Å². The molecule has 3 aromatic carbocycles. The molecule has 0 saturated carbocycles. The molecule has 2 aliphatic rings. The lowest BCUT2D eigenvalue weighted by molar-refractivity contribution is 0.0946. The molecule has 0 aliphatic carbocycles. The van der Waals surface area contributed by atoms with Crippen LogP contribution in [0, 0.1) is 0 Å². The number of carbonyl (C=O) groups is 1. The van der Waals surface area contributed by atoms with Gasteiger partial charge >= 0.3 is 0 Å². The molecule has 0 saturated heterocycles. The van der Waals surface area contributed by atoms with Crippen LogP contribution in [-0.4, -0.2) is 31.6 Å². The number of carbonyl (C=O) groups excluding carboxylic acids is 1. The third-order valence-corrected chi connectivity index (χ3v) is 5.84. The van der Waals surface area contributed by atoms with Crippen molar-refractivity contribution in [3.63, 3.8) is 0 Å². The molecular formula is C26H20N2O6. The lowest BCUT2D eigenvalue weighted by atomic mass is 9.98. The lowest BCUT2D eigenvalue weighted by Gasteiger charge is -2.13. The molecule has 0 fully saturated rings. The summed E-state index contributed by atoms with van der Waals surface area (Å²) in [6.45, 7) is 0.684. The van der Waals surface area contributed by atoms with Crippen LogP contribution in [0.3, 0.4) is 0 Å². The number of rotatable bonds is 5. The van der Waals surface area contributed by atoms with Crippen LogP contribution in [0.4, 0.5) is 0 Å². The fourth-order valence-electron chi connectivity index (χ4n) is 4.11. The summed E-state index contributed by atoms with van der Waals surface area (Å²) in [5, 5.41) is 3.73. The molecule has 0 spiro atoms. The average Bonchev–Trinajstić information content (AvgIpc) is 3.55. The van der Waals surface area contributed by atoms with Gasteiger partial charge in [0.2, 0.25) is 13.6 Å². The zero-order chi connectivity index (χ0) is 23.1. The van der Waals surface area contributed by atoms with E-state index in [1.807, 2.05) is 48.5 Å². The normalized spacial score (nSPS) is 13.2. The molecule has 2 aliphatic heterocycles. The third kappa shape index (κ3) is 3.49. The van der Waals surface area contributed by atoms with Gasteiger partial charge in [0, 0.05) is 6.54 Å². The van der Waals surface area contributed by atoms with Gasteiger partial charge in [-0.05, 0) is 59.2 Å². The summed E-state index contributed by atoms with van der Waals surface area (Å²) in [6, 6.07) is 18.6. The molecule has 6 rings (SSSR count). The minimum atomic E-state index is -0.280. The Labute approximate surface area is 195 Å². The van der Waals surface area contributed by atoms with Gasteiger partial charge in [-0.2, -0.15) is 0 Å². The van der Waals surface area contributed by atoms with Gasteiger partial charge in [-0.15, -0.1) is 0 Å². The van der Waals surface area contributed by atoms with Gasteiger partial charge in [-0.1, -0.05) is 18.2 Å². The number of pyridine rings is 1. The Hall–Kier alpha value is -4.46. The van der Waals surface area contributed by atoms with Crippen LogP contribution >= 0.6 is 0 Å². The Kier molecular flexibility index (Phi) is 4.83. The van der Waals surface area contributed by atoms with E-state index in [9.17, 15) is 4.79 Å². The van der Waals surface area contributed by atoms with Gasteiger partial charge in [-0.3, -0.25) is 4.79 Å². The van der Waals surface area contributed by atoms with E-state index < -0.39 is 0 Å². The average molecular weight is 456 g/mol. The number of methoxy groups -OCH3 is 1. The van der Waals surface area contributed by atoms with Crippen LogP contribution in [0.15, 0.2) is 60.7 Å². The zero-order valence-electron chi connectivity index (χ0n) is 18.3. The number of nitrogens with one attached hydrogen (secondary N) is 1. The van der Waals surface area contributed by atoms with Crippen molar-refractivity contribution >= 4 is 16.8 Å². The molecule has 1 aromatic heterocycles. The van der Waals surface area contributed by atoms with E-state index in [4.69, 9.17) is 23.7 Å². The topological polar surface area (TPSA) is 88.1 Å². The predicted molar refractivity (Wildman–Crippen MR) is 124 cm³/mol. The summed E-state index contributed by atoms with van der Waals surface area (Å²) >= 11 is 0. The standard InChI is InChI=1S/C26H20N2O6/c1-30-17-5-2-15(3-6-17)12-27-26(29)20-11-18(16-4-8-21-23(10-16)33-13-31-21)24-19(28-20)7-9-22-25(24)34-14-32-22/h2-11H,12-14H2,1H3,(H,27,29). The largest absolute Gasteiger partial charge is 0.497 e. The number of hydrogen-bond acceptors (Lipinski definition) is 7. The fraction of sp³-hybridized carbons (Fsp3) is 0.154. The van der Waals surface area contributed by atoms with Gasteiger partial charge in [0.15, 0.2) is 23.0 Å². The Morgan fingerprint density at radius 1 is 0.912 bits per heavy atom. The van der Waals surface area contributed by atoms with Crippen LogP contribution in [0.2, 0.25) is 0 Å². The number of amides is 1. The molecule has 34 heavy (non-hydrogen) atoms. The maximum absolute atomic E-state index is 13.1. The highest BCUT2D eigenvalue weighted by molar-refractivity contribution is 6.05. The Balaban J connectivity index is 1.39. The van der Waals surface area contributed by atoms with E-state index in [2.05, 4.69) is 10.3 Å². The highest BCUT2D eigenvalue weighted by Gasteiger charge is 2.24. The SMILES string of the molecule is COc1ccc(CNC(=O)c2cc(-c3ccc4c(c3)OCO4)c3c4c(ccc3n2)OCO4)cc1. The summed E-state index contributed by atoms with van der Waals surface area (Å²) in [5.41, 5.74) is 3.53. The van der Waals surface area contributed by atoms with Crippen molar-refractivity contribution in [1.82, 2.24) is 10.3 Å². The van der Waals surface area contributed by atoms with E-state index >= 15 is 0 Å². The Morgan fingerprint density at radius 2 is 1.68 bits per heavy atom. The Bertz CT molecular complexity index is 1420. The number of hydrogen-bond donors (Lipinski definition) is 1. The van der Waals surface area contributed by atoms with E-state index in [1.165, 1.54) is 0 Å². The van der Waals surface area contributed by atoms with Gasteiger partial charge in [-0.25, -0.2) is 4.98 Å². The third-order valence-electron chi connectivity index (χ3n) is 5.84. The maximum Gasteiger partial charge on any atom is 0.270 e. The van der Waals surface area contributed by atoms with Crippen molar-refractivity contribution in [2.45, 2.75) is 6.54 Å². The van der Waals surface area contributed by atoms with E-state index in [0.717, 1.165) is 27.8 Å². The van der Waals surface area contributed by atoms with Crippen LogP contribution in [0.25, 0.3) is 22.0 Å². The summed E-state index contributed by atoms with van der Waals surface area (Å²) in [7, 11) is 1.62. The predicted octanol–water partition coefficient (Wildman–Crippen LogP) is 4.30. The minimum absolute atomic E-state index is 0.138. The summed E-state index contributed by atoms with van der Waals surface area (Å²) in [6.07, 6.45) is 0. The van der Waals surface area contributed by atoms with E-state index in [1.54, 1.807) is 19.2 Å². The van der Waals surface area contributed by atoms with Crippen molar-refractivity contribution in [2.75, 3.05) is 20.7 Å². The van der Waals surface area contributed by atoms with Crippen molar-refractivity contribution in [3.05, 3.63) is 71.9 Å². The highest BCUT2D eigenvalue weighted by atomic mass is 16.7. The molecule has 0 radical (unpaired) electrons. The molecule has 0 atom stereocenters. The summed E-state index contributed by atoms with van der Waals surface area (Å²) < 4.78 is 27.5. The molecular weight excluding hydrogens is 436 g/mol. The number of aromatic nitrogens is 1. The van der Waals surface area contributed by atoms with Gasteiger partial charge < -0.3 is 29.0 Å². The molecule has 1 N–H and O–H groups in total. The first-order valence-corrected chi connectivity index (χ1v) is 10.7. The Morgan fingerprint density at radius 3 is 2.53 bits per heavy atom. The van der Waals surface area contributed by atoms with E-state index in [0.29, 0.717) is 40.8 Å². The molecule has 3 heterocycles. The lowest BCUT2D eigenvalue weighted by Crippen LogP contribution is -2.24. The van der Waals surface area contributed by atoms with E-state index in [-0.39, 0.29) is 19.5 Å². The first-order valence-electron chi connectivity index (χ1n) is 10.7. The van der Waals surface area contributed by atoms with Crippen molar-refractivity contribution in [2.24, 2.45) is 0 Å². The number of fused-ring (bicyclic) bond motifs is 4. The number of ether oxygens (including phenoxy) is 5. The second-order valence-electron chi connectivity index (χ2n) is 7.85. The minimum Gasteiger partial charge on any atom is -0.497 e. The monoisotopic (exact) mass is 456 g/mol. The van der Waals surface area contributed by atoms with Gasteiger partial charge in [0.1, 0.15) is 11.4 Å². The molecule has 0 bridgehead atoms. The summed E-state index contributed by atoms with van der Waals surface area (Å²) in [5.74, 6) is 3.08. The smallest absolute Gasteiger partial charge is 0.270 e.